The Morgan fingerprint density at radius 1 is 1.35 bits per heavy atom. The van der Waals surface area contributed by atoms with Crippen LogP contribution in [-0.2, 0) is 14.9 Å². The van der Waals surface area contributed by atoms with Crippen molar-refractivity contribution in [1.82, 2.24) is 0 Å². The normalized spacial score (nSPS) is 10.9. The molecule has 1 aromatic rings. The monoisotopic (exact) mass is 260 g/mol. The lowest BCUT2D eigenvalue weighted by Gasteiger charge is -2.08. The summed E-state index contributed by atoms with van der Waals surface area (Å²) in [7, 11) is -3.86. The van der Waals surface area contributed by atoms with Crippen LogP contribution in [0.1, 0.15) is 10.4 Å². The molecule has 0 unspecified atom stereocenters. The molecule has 92 valence electrons. The molecule has 0 radical (unpaired) electrons. The maximum atomic E-state index is 11.1. The largest absolute Gasteiger partial charge is 0.744 e. The first-order valence-electron chi connectivity index (χ1n) is 4.09. The van der Waals surface area contributed by atoms with E-state index in [-0.39, 0.29) is 5.56 Å². The van der Waals surface area contributed by atoms with Crippen LogP contribution in [0.3, 0.4) is 0 Å². The summed E-state index contributed by atoms with van der Waals surface area (Å²) in [6.45, 7) is 0. The first-order valence-corrected chi connectivity index (χ1v) is 5.50. The molecule has 8 nitrogen and oxygen atoms in total. The predicted octanol–water partition coefficient (Wildman–Crippen LogP) is 0.285. The minimum atomic E-state index is -4.89. The zero-order valence-electron chi connectivity index (χ0n) is 8.45. The van der Waals surface area contributed by atoms with Crippen LogP contribution in [0.4, 0.5) is 5.69 Å². The fraction of sp³-hybridized carbons (Fsp3) is 0.125. The van der Waals surface area contributed by atoms with E-state index in [0.29, 0.717) is 6.07 Å². The van der Waals surface area contributed by atoms with Gasteiger partial charge in [0.15, 0.2) is 0 Å². The molecule has 0 aliphatic heterocycles. The van der Waals surface area contributed by atoms with Gasteiger partial charge < -0.3 is 9.29 Å². The number of hydrogen-bond donors (Lipinski definition) is 0. The second kappa shape index (κ2) is 4.47. The number of nitrogens with zero attached hydrogens (tertiary/aromatic N) is 1. The molecule has 0 atom stereocenters. The average Bonchev–Trinajstić information content (AvgIpc) is 2.26. The number of hydrogen-bond acceptors (Lipinski definition) is 7. The summed E-state index contributed by atoms with van der Waals surface area (Å²) in [6, 6.07) is 2.12. The van der Waals surface area contributed by atoms with Crippen LogP contribution >= 0.6 is 0 Å². The average molecular weight is 260 g/mol. The molecule has 0 N–H and O–H groups in total. The topological polar surface area (TPSA) is 127 Å². The Kier molecular flexibility index (Phi) is 3.44. The van der Waals surface area contributed by atoms with Crippen molar-refractivity contribution in [2.24, 2.45) is 0 Å². The van der Waals surface area contributed by atoms with Crippen molar-refractivity contribution in [2.45, 2.75) is 4.90 Å². The quantitative estimate of drug-likeness (QED) is 0.330. The number of methoxy groups -OCH3 is 1. The van der Waals surface area contributed by atoms with E-state index in [9.17, 15) is 27.9 Å². The molecule has 0 fully saturated rings. The van der Waals surface area contributed by atoms with E-state index in [4.69, 9.17) is 0 Å². The van der Waals surface area contributed by atoms with Crippen LogP contribution in [-0.4, -0.2) is 31.0 Å². The third kappa shape index (κ3) is 2.98. The van der Waals surface area contributed by atoms with Gasteiger partial charge in [0.25, 0.3) is 5.69 Å². The summed E-state index contributed by atoms with van der Waals surface area (Å²) >= 11 is 0. The van der Waals surface area contributed by atoms with Gasteiger partial charge in [-0.2, -0.15) is 0 Å². The maximum Gasteiger partial charge on any atom is 0.338 e. The molecule has 0 spiro atoms. The number of carbonyl (C=O) groups excluding carboxylic acids is 1. The standard InChI is InChI=1S/C8H7NO7S/c1-16-8(10)5-2-6(9(11)12)4-7(3-5)17(13,14)15/h2-4H,1H3,(H,13,14,15)/p-1. The predicted molar refractivity (Wildman–Crippen MR) is 52.4 cm³/mol. The van der Waals surface area contributed by atoms with Crippen LogP contribution in [0.15, 0.2) is 23.1 Å². The Morgan fingerprint density at radius 3 is 2.35 bits per heavy atom. The summed E-state index contributed by atoms with van der Waals surface area (Å²) in [6.07, 6.45) is 0. The van der Waals surface area contributed by atoms with Gasteiger partial charge in [0.2, 0.25) is 0 Å². The molecule has 0 saturated heterocycles. The Labute approximate surface area is 95.7 Å². The highest BCUT2D eigenvalue weighted by molar-refractivity contribution is 7.85. The molecule has 0 bridgehead atoms. The molecular weight excluding hydrogens is 254 g/mol. The number of rotatable bonds is 3. The molecule has 0 saturated carbocycles. The van der Waals surface area contributed by atoms with Gasteiger partial charge in [-0.3, -0.25) is 10.1 Å². The van der Waals surface area contributed by atoms with Crippen molar-refractivity contribution in [3.8, 4) is 0 Å². The van der Waals surface area contributed by atoms with E-state index in [1.165, 1.54) is 0 Å². The van der Waals surface area contributed by atoms with Crippen LogP contribution in [0.5, 0.6) is 0 Å². The molecule has 0 amide bonds. The molecule has 0 heterocycles. The van der Waals surface area contributed by atoms with Gasteiger partial charge in [0.1, 0.15) is 10.1 Å². The fourth-order valence-corrected chi connectivity index (χ4v) is 1.61. The van der Waals surface area contributed by atoms with Crippen LogP contribution in [0.25, 0.3) is 0 Å². The molecule has 17 heavy (non-hydrogen) atoms. The Hall–Kier alpha value is -2.00. The van der Waals surface area contributed by atoms with Crippen LogP contribution < -0.4 is 0 Å². The highest BCUT2D eigenvalue weighted by Gasteiger charge is 2.17. The number of esters is 1. The number of ether oxygens (including phenoxy) is 1. The van der Waals surface area contributed by atoms with E-state index < -0.39 is 31.6 Å². The van der Waals surface area contributed by atoms with Crippen molar-refractivity contribution >= 4 is 21.8 Å². The second-order valence-electron chi connectivity index (χ2n) is 2.92. The lowest BCUT2D eigenvalue weighted by Crippen LogP contribution is -2.06. The van der Waals surface area contributed by atoms with Crippen molar-refractivity contribution in [3.63, 3.8) is 0 Å². The zero-order valence-corrected chi connectivity index (χ0v) is 9.26. The van der Waals surface area contributed by atoms with Crippen molar-refractivity contribution in [3.05, 3.63) is 33.9 Å². The molecular formula is C8H6NO7S-. The van der Waals surface area contributed by atoms with Crippen molar-refractivity contribution < 1.29 is 27.4 Å². The highest BCUT2D eigenvalue weighted by atomic mass is 32.2. The van der Waals surface area contributed by atoms with Crippen molar-refractivity contribution in [1.29, 1.82) is 0 Å². The lowest BCUT2D eigenvalue weighted by atomic mass is 10.2. The van der Waals surface area contributed by atoms with Gasteiger partial charge in [-0.15, -0.1) is 0 Å². The molecule has 9 heteroatoms. The lowest BCUT2D eigenvalue weighted by molar-refractivity contribution is -0.385. The van der Waals surface area contributed by atoms with Gasteiger partial charge in [-0.25, -0.2) is 13.2 Å². The Morgan fingerprint density at radius 2 is 1.94 bits per heavy atom. The third-order valence-electron chi connectivity index (χ3n) is 1.81. The number of carbonyl (C=O) groups is 1. The number of non-ortho nitro benzene ring substituents is 1. The Bertz CT molecular complexity index is 578. The van der Waals surface area contributed by atoms with E-state index >= 15 is 0 Å². The van der Waals surface area contributed by atoms with Gasteiger partial charge in [-0.05, 0) is 6.07 Å². The van der Waals surface area contributed by atoms with Gasteiger partial charge >= 0.3 is 5.97 Å². The fourth-order valence-electron chi connectivity index (χ4n) is 1.07. The SMILES string of the molecule is COC(=O)c1cc([N+](=O)[O-])cc(S(=O)(=O)[O-])c1. The minimum Gasteiger partial charge on any atom is -0.744 e. The molecule has 0 aliphatic rings. The first-order chi connectivity index (χ1) is 7.75. The van der Waals surface area contributed by atoms with Crippen LogP contribution in [0.2, 0.25) is 0 Å². The Balaban J connectivity index is 3.50. The van der Waals surface area contributed by atoms with E-state index in [2.05, 4.69) is 4.74 Å². The third-order valence-corrected chi connectivity index (χ3v) is 2.62. The number of nitro groups is 1. The zero-order chi connectivity index (χ0) is 13.2. The summed E-state index contributed by atoms with van der Waals surface area (Å²) < 4.78 is 36.5. The molecule has 1 rings (SSSR count). The van der Waals surface area contributed by atoms with Gasteiger partial charge in [0, 0.05) is 12.1 Å². The molecule has 0 aliphatic carbocycles. The summed E-state index contributed by atoms with van der Waals surface area (Å²) in [4.78, 5) is 19.9. The van der Waals surface area contributed by atoms with Gasteiger partial charge in [-0.1, -0.05) is 0 Å². The van der Waals surface area contributed by atoms with Crippen molar-refractivity contribution in [2.75, 3.05) is 7.11 Å². The highest BCUT2D eigenvalue weighted by Crippen LogP contribution is 2.21. The summed E-state index contributed by atoms with van der Waals surface area (Å²) in [5.41, 5.74) is -1.06. The summed E-state index contributed by atoms with van der Waals surface area (Å²) in [5.74, 6) is -0.974. The summed E-state index contributed by atoms with van der Waals surface area (Å²) in [5, 5.41) is 10.5. The van der Waals surface area contributed by atoms with Crippen LogP contribution in [0, 0.1) is 10.1 Å². The second-order valence-corrected chi connectivity index (χ2v) is 4.30. The maximum absolute atomic E-state index is 11.1. The van der Waals surface area contributed by atoms with E-state index in [0.717, 1.165) is 19.2 Å². The minimum absolute atomic E-state index is 0.379. The van der Waals surface area contributed by atoms with E-state index in [1.54, 1.807) is 0 Å². The smallest absolute Gasteiger partial charge is 0.338 e. The number of benzene rings is 1. The first kappa shape index (κ1) is 13.1. The number of nitro benzene ring substituents is 1. The van der Waals surface area contributed by atoms with E-state index in [1.807, 2.05) is 0 Å². The van der Waals surface area contributed by atoms with Gasteiger partial charge in [0.05, 0.1) is 22.5 Å². The molecule has 0 aromatic heterocycles. The molecule has 1 aromatic carbocycles.